The Morgan fingerprint density at radius 2 is 2.11 bits per heavy atom. The van der Waals surface area contributed by atoms with Gasteiger partial charge in [-0.2, -0.15) is 5.10 Å². The van der Waals surface area contributed by atoms with Crippen LogP contribution in [0.3, 0.4) is 0 Å². The standard InChI is InChI=1S/C19H21FN6O2/c1-11-6-14-15(21-7-11)16(17(27)22-9-19(20)4-5-19)25-26(14)8-13-12(2)18(28-3)24-10-23-13/h6-7,10H,4-5,8-9H2,1-3H3,(H,22,27). The Morgan fingerprint density at radius 1 is 1.32 bits per heavy atom. The number of hydrogen-bond acceptors (Lipinski definition) is 6. The van der Waals surface area contributed by atoms with Crippen LogP contribution >= 0.6 is 0 Å². The van der Waals surface area contributed by atoms with Crippen LogP contribution in [0.15, 0.2) is 18.6 Å². The summed E-state index contributed by atoms with van der Waals surface area (Å²) in [5.41, 5.74) is 2.57. The second kappa shape index (κ2) is 6.81. The van der Waals surface area contributed by atoms with E-state index in [4.69, 9.17) is 4.74 Å². The summed E-state index contributed by atoms with van der Waals surface area (Å²) in [6, 6.07) is 1.91. The van der Waals surface area contributed by atoms with Crippen LogP contribution in [0, 0.1) is 13.8 Å². The summed E-state index contributed by atoms with van der Waals surface area (Å²) in [6.07, 6.45) is 4.07. The highest BCUT2D eigenvalue weighted by Gasteiger charge is 2.43. The molecule has 1 N–H and O–H groups in total. The van der Waals surface area contributed by atoms with Crippen LogP contribution in [0.5, 0.6) is 5.88 Å². The fourth-order valence-electron chi connectivity index (χ4n) is 3.04. The number of aryl methyl sites for hydroxylation is 1. The number of hydrogen-bond donors (Lipinski definition) is 1. The molecule has 0 saturated heterocycles. The lowest BCUT2D eigenvalue weighted by Crippen LogP contribution is -2.31. The molecule has 0 spiro atoms. The number of rotatable bonds is 6. The molecule has 3 heterocycles. The monoisotopic (exact) mass is 384 g/mol. The zero-order valence-corrected chi connectivity index (χ0v) is 16.0. The molecule has 0 unspecified atom stereocenters. The number of carbonyl (C=O) groups is 1. The van der Waals surface area contributed by atoms with E-state index in [-0.39, 0.29) is 12.2 Å². The number of carbonyl (C=O) groups excluding carboxylic acids is 1. The van der Waals surface area contributed by atoms with Gasteiger partial charge in [0.15, 0.2) is 5.69 Å². The molecule has 3 aromatic heterocycles. The molecule has 1 aliphatic rings. The zero-order chi connectivity index (χ0) is 19.9. The molecule has 1 amide bonds. The van der Waals surface area contributed by atoms with Gasteiger partial charge in [-0.3, -0.25) is 14.5 Å². The molecule has 146 valence electrons. The van der Waals surface area contributed by atoms with E-state index in [2.05, 4.69) is 25.4 Å². The van der Waals surface area contributed by atoms with Crippen LogP contribution in [0.2, 0.25) is 0 Å². The van der Waals surface area contributed by atoms with Crippen molar-refractivity contribution in [3.05, 3.63) is 41.1 Å². The van der Waals surface area contributed by atoms with E-state index in [0.29, 0.717) is 36.3 Å². The van der Waals surface area contributed by atoms with Gasteiger partial charge in [0.25, 0.3) is 5.91 Å². The molecule has 1 aliphatic carbocycles. The summed E-state index contributed by atoms with van der Waals surface area (Å²) < 4.78 is 20.8. The molecule has 0 bridgehead atoms. The van der Waals surface area contributed by atoms with Crippen LogP contribution < -0.4 is 10.1 Å². The minimum atomic E-state index is -1.27. The molecule has 9 heteroatoms. The first-order valence-electron chi connectivity index (χ1n) is 9.05. The van der Waals surface area contributed by atoms with Gasteiger partial charge in [0.2, 0.25) is 5.88 Å². The van der Waals surface area contributed by atoms with Crippen molar-refractivity contribution in [1.29, 1.82) is 0 Å². The average Bonchev–Trinajstić information content (AvgIpc) is 3.32. The molecule has 0 radical (unpaired) electrons. The fourth-order valence-corrected chi connectivity index (χ4v) is 3.04. The van der Waals surface area contributed by atoms with Crippen LogP contribution in [0.4, 0.5) is 4.39 Å². The molecule has 4 rings (SSSR count). The number of nitrogens with zero attached hydrogens (tertiary/aromatic N) is 5. The lowest BCUT2D eigenvalue weighted by atomic mass is 10.2. The fraction of sp³-hybridized carbons (Fsp3) is 0.421. The van der Waals surface area contributed by atoms with Crippen LogP contribution in [-0.4, -0.2) is 50.0 Å². The van der Waals surface area contributed by atoms with E-state index in [1.54, 1.807) is 18.0 Å². The first-order chi connectivity index (χ1) is 13.4. The third kappa shape index (κ3) is 3.39. The molecule has 0 aromatic carbocycles. The summed E-state index contributed by atoms with van der Waals surface area (Å²) in [5, 5.41) is 7.10. The normalized spacial score (nSPS) is 14.9. The highest BCUT2D eigenvalue weighted by Crippen LogP contribution is 2.38. The van der Waals surface area contributed by atoms with Gasteiger partial charge in [-0.05, 0) is 38.3 Å². The van der Waals surface area contributed by atoms with Gasteiger partial charge in [-0.15, -0.1) is 0 Å². The van der Waals surface area contributed by atoms with Crippen molar-refractivity contribution in [2.24, 2.45) is 0 Å². The van der Waals surface area contributed by atoms with Crippen LogP contribution in [0.25, 0.3) is 11.0 Å². The molecule has 28 heavy (non-hydrogen) atoms. The minimum Gasteiger partial charge on any atom is -0.481 e. The molecular weight excluding hydrogens is 363 g/mol. The maximum absolute atomic E-state index is 13.9. The van der Waals surface area contributed by atoms with E-state index < -0.39 is 11.6 Å². The topological polar surface area (TPSA) is 94.8 Å². The number of nitrogens with one attached hydrogen (secondary N) is 1. The number of alkyl halides is 1. The number of ether oxygens (including phenoxy) is 1. The third-order valence-electron chi connectivity index (χ3n) is 4.94. The van der Waals surface area contributed by atoms with Gasteiger partial charge in [-0.1, -0.05) is 0 Å². The molecule has 3 aromatic rings. The summed E-state index contributed by atoms with van der Waals surface area (Å²) in [6.45, 7) is 4.11. The quantitative estimate of drug-likeness (QED) is 0.700. The predicted octanol–water partition coefficient (Wildman–Crippen LogP) is 2.13. The van der Waals surface area contributed by atoms with E-state index in [0.717, 1.165) is 16.8 Å². The average molecular weight is 384 g/mol. The van der Waals surface area contributed by atoms with Gasteiger partial charge in [0.1, 0.15) is 17.5 Å². The maximum atomic E-state index is 13.9. The molecule has 0 atom stereocenters. The Morgan fingerprint density at radius 3 is 2.82 bits per heavy atom. The number of halogens is 1. The second-order valence-corrected chi connectivity index (χ2v) is 7.17. The summed E-state index contributed by atoms with van der Waals surface area (Å²) in [7, 11) is 1.55. The first kappa shape index (κ1) is 18.3. The van der Waals surface area contributed by atoms with Crippen molar-refractivity contribution in [2.75, 3.05) is 13.7 Å². The van der Waals surface area contributed by atoms with E-state index in [9.17, 15) is 9.18 Å². The molecule has 1 fully saturated rings. The summed E-state index contributed by atoms with van der Waals surface area (Å²) in [4.78, 5) is 25.4. The van der Waals surface area contributed by atoms with E-state index >= 15 is 0 Å². The summed E-state index contributed by atoms with van der Waals surface area (Å²) >= 11 is 0. The smallest absolute Gasteiger partial charge is 0.274 e. The van der Waals surface area contributed by atoms with Crippen molar-refractivity contribution in [1.82, 2.24) is 30.0 Å². The minimum absolute atomic E-state index is 0.00569. The molecule has 1 saturated carbocycles. The summed E-state index contributed by atoms with van der Waals surface area (Å²) in [5.74, 6) is 0.0624. The van der Waals surface area contributed by atoms with Crippen LogP contribution in [0.1, 0.15) is 40.2 Å². The van der Waals surface area contributed by atoms with Gasteiger partial charge in [-0.25, -0.2) is 14.4 Å². The van der Waals surface area contributed by atoms with Crippen molar-refractivity contribution >= 4 is 16.9 Å². The van der Waals surface area contributed by atoms with E-state index in [1.165, 1.54) is 6.33 Å². The molecule has 8 nitrogen and oxygen atoms in total. The Bertz CT molecular complexity index is 1060. The number of methoxy groups -OCH3 is 1. The zero-order valence-electron chi connectivity index (χ0n) is 16.0. The number of pyridine rings is 1. The Balaban J connectivity index is 1.70. The predicted molar refractivity (Wildman–Crippen MR) is 100 cm³/mol. The van der Waals surface area contributed by atoms with E-state index in [1.807, 2.05) is 19.9 Å². The molecular formula is C19H21FN6O2. The van der Waals surface area contributed by atoms with Gasteiger partial charge in [0.05, 0.1) is 31.4 Å². The maximum Gasteiger partial charge on any atom is 0.274 e. The number of fused-ring (bicyclic) bond motifs is 1. The van der Waals surface area contributed by atoms with Gasteiger partial charge in [0, 0.05) is 11.8 Å². The Kier molecular flexibility index (Phi) is 4.44. The van der Waals surface area contributed by atoms with Gasteiger partial charge < -0.3 is 10.1 Å². The highest BCUT2D eigenvalue weighted by atomic mass is 19.1. The lowest BCUT2D eigenvalue weighted by Gasteiger charge is -2.09. The van der Waals surface area contributed by atoms with Gasteiger partial charge >= 0.3 is 0 Å². The largest absolute Gasteiger partial charge is 0.481 e. The Labute approximate surface area is 161 Å². The van der Waals surface area contributed by atoms with Crippen LogP contribution in [-0.2, 0) is 6.54 Å². The molecule has 0 aliphatic heterocycles. The first-order valence-corrected chi connectivity index (χ1v) is 9.05. The third-order valence-corrected chi connectivity index (χ3v) is 4.94. The van der Waals surface area contributed by atoms with Crippen molar-refractivity contribution in [3.8, 4) is 5.88 Å². The SMILES string of the molecule is COc1ncnc(Cn2nc(C(=O)NCC3(F)CC3)c3ncc(C)cc32)c1C. The second-order valence-electron chi connectivity index (χ2n) is 7.17. The lowest BCUT2D eigenvalue weighted by molar-refractivity contribution is 0.0933. The van der Waals surface area contributed by atoms with Crippen molar-refractivity contribution in [2.45, 2.75) is 38.9 Å². The number of amides is 1. The highest BCUT2D eigenvalue weighted by molar-refractivity contribution is 6.03. The van der Waals surface area contributed by atoms with Crippen molar-refractivity contribution in [3.63, 3.8) is 0 Å². The van der Waals surface area contributed by atoms with Crippen molar-refractivity contribution < 1.29 is 13.9 Å². The Hall–Kier alpha value is -3.10. The number of aromatic nitrogens is 5.